The molecule has 0 saturated heterocycles. The van der Waals surface area contributed by atoms with Crippen molar-refractivity contribution in [3.63, 3.8) is 0 Å². The fourth-order valence-electron chi connectivity index (χ4n) is 2.16. The van der Waals surface area contributed by atoms with Crippen molar-refractivity contribution in [2.24, 2.45) is 5.92 Å². The van der Waals surface area contributed by atoms with Crippen LogP contribution in [0.5, 0.6) is 0 Å². The highest BCUT2D eigenvalue weighted by molar-refractivity contribution is 5.70. The van der Waals surface area contributed by atoms with Gasteiger partial charge in [0.2, 0.25) is 0 Å². The minimum atomic E-state index is -0.279. The molecule has 0 bridgehead atoms. The molecule has 0 spiro atoms. The molecule has 100 valence electrons. The first kappa shape index (κ1) is 14.5. The van der Waals surface area contributed by atoms with Crippen molar-refractivity contribution in [3.05, 3.63) is 0 Å². The van der Waals surface area contributed by atoms with Gasteiger partial charge in [0.25, 0.3) is 0 Å². The molecule has 1 rings (SSSR count). The molecule has 0 radical (unpaired) electrons. The molecule has 0 unspecified atom stereocenters. The Kier molecular flexibility index (Phi) is 7.21. The van der Waals surface area contributed by atoms with E-state index in [-0.39, 0.29) is 12.6 Å². The van der Waals surface area contributed by atoms with Gasteiger partial charge in [0.05, 0.1) is 13.2 Å². The molecule has 1 saturated carbocycles. The van der Waals surface area contributed by atoms with E-state index in [1.54, 1.807) is 6.92 Å². The summed E-state index contributed by atoms with van der Waals surface area (Å²) >= 11 is 0. The van der Waals surface area contributed by atoms with E-state index in [1.807, 2.05) is 0 Å². The Morgan fingerprint density at radius 2 is 2.00 bits per heavy atom. The number of esters is 1. The highest BCUT2D eigenvalue weighted by Gasteiger charge is 2.17. The van der Waals surface area contributed by atoms with Crippen LogP contribution in [-0.2, 0) is 14.3 Å². The van der Waals surface area contributed by atoms with Gasteiger partial charge in [-0.25, -0.2) is 4.79 Å². The first-order chi connectivity index (χ1) is 8.22. The van der Waals surface area contributed by atoms with Crippen LogP contribution >= 0.6 is 0 Å². The number of hydrogen-bond acceptors (Lipinski definition) is 4. The maximum atomic E-state index is 11.0. The predicted molar refractivity (Wildman–Crippen MR) is 66.9 cm³/mol. The van der Waals surface area contributed by atoms with E-state index in [0.717, 1.165) is 12.5 Å². The third-order valence-electron chi connectivity index (χ3n) is 3.22. The molecular formula is C13H25NO3. The molecule has 17 heavy (non-hydrogen) atoms. The quantitative estimate of drug-likeness (QED) is 0.546. The molecule has 0 aromatic rings. The lowest BCUT2D eigenvalue weighted by atomic mass is 9.87. The zero-order chi connectivity index (χ0) is 12.5. The summed E-state index contributed by atoms with van der Waals surface area (Å²) in [5, 5.41) is 3.47. The first-order valence-corrected chi connectivity index (χ1v) is 6.69. The van der Waals surface area contributed by atoms with Gasteiger partial charge < -0.3 is 14.8 Å². The van der Waals surface area contributed by atoms with Gasteiger partial charge in [0.1, 0.15) is 6.61 Å². The summed E-state index contributed by atoms with van der Waals surface area (Å²) in [5.74, 6) is 0.604. The summed E-state index contributed by atoms with van der Waals surface area (Å²) < 4.78 is 9.99. The molecule has 0 atom stereocenters. The van der Waals surface area contributed by atoms with E-state index < -0.39 is 0 Å². The molecule has 0 heterocycles. The zero-order valence-electron chi connectivity index (χ0n) is 11.0. The Morgan fingerprint density at radius 1 is 1.29 bits per heavy atom. The van der Waals surface area contributed by atoms with Gasteiger partial charge in [-0.3, -0.25) is 0 Å². The van der Waals surface area contributed by atoms with Crippen LogP contribution in [0.4, 0.5) is 0 Å². The summed E-state index contributed by atoms with van der Waals surface area (Å²) in [6, 6.07) is 0.636. The lowest BCUT2D eigenvalue weighted by Crippen LogP contribution is -2.35. The average molecular weight is 243 g/mol. The maximum Gasteiger partial charge on any atom is 0.332 e. The minimum Gasteiger partial charge on any atom is -0.464 e. The molecule has 1 aliphatic rings. The van der Waals surface area contributed by atoms with Gasteiger partial charge in [0.15, 0.2) is 0 Å². The average Bonchev–Trinajstić information content (AvgIpc) is 2.31. The Morgan fingerprint density at radius 3 is 2.65 bits per heavy atom. The number of ether oxygens (including phenoxy) is 2. The normalized spacial score (nSPS) is 24.6. The van der Waals surface area contributed by atoms with Crippen LogP contribution in [0.1, 0.15) is 39.5 Å². The van der Waals surface area contributed by atoms with Crippen LogP contribution in [0.15, 0.2) is 0 Å². The fraction of sp³-hybridized carbons (Fsp3) is 0.923. The molecule has 0 amide bonds. The number of carbonyl (C=O) groups excluding carboxylic acids is 1. The maximum absolute atomic E-state index is 11.0. The Bertz CT molecular complexity index is 213. The van der Waals surface area contributed by atoms with Crippen molar-refractivity contribution in [2.75, 3.05) is 26.4 Å². The van der Waals surface area contributed by atoms with Crippen molar-refractivity contribution in [2.45, 2.75) is 45.6 Å². The molecular weight excluding hydrogens is 218 g/mol. The van der Waals surface area contributed by atoms with Gasteiger partial charge in [0, 0.05) is 12.6 Å². The number of hydrogen-bond donors (Lipinski definition) is 1. The molecule has 4 nitrogen and oxygen atoms in total. The second-order valence-corrected chi connectivity index (χ2v) is 4.77. The Hall–Kier alpha value is -0.610. The minimum absolute atomic E-state index is 0.0667. The van der Waals surface area contributed by atoms with Crippen molar-refractivity contribution < 1.29 is 14.3 Å². The highest BCUT2D eigenvalue weighted by atomic mass is 16.6. The molecule has 1 aliphatic carbocycles. The summed E-state index contributed by atoms with van der Waals surface area (Å²) in [6.07, 6.45) is 5.17. The molecule has 0 aliphatic heterocycles. The van der Waals surface area contributed by atoms with Crippen molar-refractivity contribution in [1.82, 2.24) is 5.32 Å². The first-order valence-electron chi connectivity index (χ1n) is 6.69. The zero-order valence-corrected chi connectivity index (χ0v) is 11.0. The molecule has 0 aromatic heterocycles. The molecule has 4 heteroatoms. The van der Waals surface area contributed by atoms with Crippen LogP contribution < -0.4 is 5.32 Å². The second-order valence-electron chi connectivity index (χ2n) is 4.77. The molecule has 1 N–H and O–H groups in total. The number of carbonyl (C=O) groups is 1. The van der Waals surface area contributed by atoms with Crippen molar-refractivity contribution in [3.8, 4) is 0 Å². The van der Waals surface area contributed by atoms with Crippen molar-refractivity contribution in [1.29, 1.82) is 0 Å². The van der Waals surface area contributed by atoms with Crippen LogP contribution in [0.25, 0.3) is 0 Å². The van der Waals surface area contributed by atoms with E-state index >= 15 is 0 Å². The van der Waals surface area contributed by atoms with Gasteiger partial charge >= 0.3 is 5.97 Å². The van der Waals surface area contributed by atoms with Gasteiger partial charge in [-0.1, -0.05) is 6.92 Å². The summed E-state index contributed by atoms with van der Waals surface area (Å²) in [7, 11) is 0. The van der Waals surface area contributed by atoms with Crippen LogP contribution in [0.3, 0.4) is 0 Å². The number of nitrogens with one attached hydrogen (secondary N) is 1. The summed E-state index contributed by atoms with van der Waals surface area (Å²) in [5.41, 5.74) is 0. The van der Waals surface area contributed by atoms with Crippen LogP contribution in [-0.4, -0.2) is 38.4 Å². The Labute approximate surface area is 104 Å². The molecule has 0 aromatic carbocycles. The van der Waals surface area contributed by atoms with Crippen LogP contribution in [0.2, 0.25) is 0 Å². The highest BCUT2D eigenvalue weighted by Crippen LogP contribution is 2.23. The Balaban J connectivity index is 1.92. The third-order valence-corrected chi connectivity index (χ3v) is 3.22. The fourth-order valence-corrected chi connectivity index (χ4v) is 2.16. The monoisotopic (exact) mass is 243 g/mol. The third kappa shape index (κ3) is 6.64. The van der Waals surface area contributed by atoms with Gasteiger partial charge in [-0.05, 0) is 38.5 Å². The van der Waals surface area contributed by atoms with Gasteiger partial charge in [-0.2, -0.15) is 0 Å². The van der Waals surface area contributed by atoms with Crippen molar-refractivity contribution >= 4 is 5.97 Å². The largest absolute Gasteiger partial charge is 0.464 e. The second kappa shape index (κ2) is 8.48. The van der Waals surface area contributed by atoms with E-state index in [2.05, 4.69) is 12.2 Å². The van der Waals surface area contributed by atoms with E-state index in [4.69, 9.17) is 9.47 Å². The van der Waals surface area contributed by atoms with Crippen LogP contribution in [0, 0.1) is 5.92 Å². The van der Waals surface area contributed by atoms with E-state index in [0.29, 0.717) is 19.3 Å². The smallest absolute Gasteiger partial charge is 0.332 e. The standard InChI is InChI=1S/C13H25NO3/c1-3-17-13(15)10-16-9-8-14-12-6-4-11(2)5-7-12/h11-12,14H,3-10H2,1-2H3. The van der Waals surface area contributed by atoms with E-state index in [1.165, 1.54) is 25.7 Å². The topological polar surface area (TPSA) is 47.6 Å². The predicted octanol–water partition coefficient (Wildman–Crippen LogP) is 1.73. The van der Waals surface area contributed by atoms with E-state index in [9.17, 15) is 4.79 Å². The summed E-state index contributed by atoms with van der Waals surface area (Å²) in [6.45, 7) is 5.99. The lowest BCUT2D eigenvalue weighted by Gasteiger charge is -2.26. The lowest BCUT2D eigenvalue weighted by molar-refractivity contribution is -0.148. The number of rotatable bonds is 7. The SMILES string of the molecule is CCOC(=O)COCCNC1CCC(C)CC1. The molecule has 1 fully saturated rings. The summed E-state index contributed by atoms with van der Waals surface area (Å²) in [4.78, 5) is 11.0. The van der Waals surface area contributed by atoms with Gasteiger partial charge in [-0.15, -0.1) is 0 Å².